The molecule has 0 N–H and O–H groups in total. The number of hydrogen-bond donors (Lipinski definition) is 0. The zero-order valence-corrected chi connectivity index (χ0v) is 14.3. The molecule has 0 aliphatic carbocycles. The van der Waals surface area contributed by atoms with E-state index in [0.29, 0.717) is 31.7 Å². The van der Waals surface area contributed by atoms with Crippen molar-refractivity contribution in [2.24, 2.45) is 0 Å². The Bertz CT molecular complexity index is 950. The third kappa shape index (κ3) is 2.83. The average Bonchev–Trinajstić information content (AvgIpc) is 3.11. The Morgan fingerprint density at radius 2 is 1.92 bits per heavy atom. The Balaban J connectivity index is 1.46. The molecule has 3 aromatic rings. The van der Waals surface area contributed by atoms with Gasteiger partial charge in [0.2, 0.25) is 5.95 Å². The Kier molecular flexibility index (Phi) is 4.16. The fourth-order valence-corrected chi connectivity index (χ4v) is 3.14. The van der Waals surface area contributed by atoms with Crippen LogP contribution in [-0.4, -0.2) is 58.7 Å². The molecule has 1 aliphatic rings. The normalized spacial score (nSPS) is 14.7. The SMILES string of the molecule is COc1ccc(C(=O)N2CCN(c3nnc4ccccn34)CC2)cc1F. The van der Waals surface area contributed by atoms with E-state index in [0.717, 1.165) is 11.6 Å². The molecule has 134 valence electrons. The van der Waals surface area contributed by atoms with Gasteiger partial charge in [-0.1, -0.05) is 6.07 Å². The molecular weight excluding hydrogens is 337 g/mol. The monoisotopic (exact) mass is 355 g/mol. The smallest absolute Gasteiger partial charge is 0.254 e. The first-order valence-corrected chi connectivity index (χ1v) is 8.35. The number of ether oxygens (including phenoxy) is 1. The molecule has 0 radical (unpaired) electrons. The number of fused-ring (bicyclic) bond motifs is 1. The second kappa shape index (κ2) is 6.62. The van der Waals surface area contributed by atoms with Gasteiger partial charge in [-0.25, -0.2) is 4.39 Å². The molecule has 1 saturated heterocycles. The zero-order valence-electron chi connectivity index (χ0n) is 14.3. The molecule has 1 amide bonds. The van der Waals surface area contributed by atoms with Gasteiger partial charge in [-0.05, 0) is 30.3 Å². The van der Waals surface area contributed by atoms with Crippen LogP contribution in [0, 0.1) is 5.82 Å². The fraction of sp³-hybridized carbons (Fsp3) is 0.278. The first-order valence-electron chi connectivity index (χ1n) is 8.35. The van der Waals surface area contributed by atoms with Gasteiger partial charge in [0.25, 0.3) is 5.91 Å². The predicted octanol–water partition coefficient (Wildman–Crippen LogP) is 1.84. The number of benzene rings is 1. The van der Waals surface area contributed by atoms with Gasteiger partial charge >= 0.3 is 0 Å². The van der Waals surface area contributed by atoms with E-state index >= 15 is 0 Å². The van der Waals surface area contributed by atoms with Crippen LogP contribution in [0.25, 0.3) is 5.65 Å². The highest BCUT2D eigenvalue weighted by Gasteiger charge is 2.25. The number of carbonyl (C=O) groups is 1. The van der Waals surface area contributed by atoms with Crippen LogP contribution in [0.5, 0.6) is 5.75 Å². The van der Waals surface area contributed by atoms with Gasteiger partial charge in [-0.3, -0.25) is 9.20 Å². The third-order valence-electron chi connectivity index (χ3n) is 4.54. The van der Waals surface area contributed by atoms with Crippen molar-refractivity contribution >= 4 is 17.5 Å². The summed E-state index contributed by atoms with van der Waals surface area (Å²) < 4.78 is 20.7. The molecule has 26 heavy (non-hydrogen) atoms. The molecule has 2 aromatic heterocycles. The summed E-state index contributed by atoms with van der Waals surface area (Å²) in [6.07, 6.45) is 1.92. The number of piperazine rings is 1. The Hall–Kier alpha value is -3.16. The number of aromatic nitrogens is 3. The lowest BCUT2D eigenvalue weighted by atomic mass is 10.1. The molecule has 0 atom stereocenters. The topological polar surface area (TPSA) is 63.0 Å². The minimum atomic E-state index is -0.535. The largest absolute Gasteiger partial charge is 0.494 e. The summed E-state index contributed by atoms with van der Waals surface area (Å²) in [5.41, 5.74) is 1.11. The summed E-state index contributed by atoms with van der Waals surface area (Å²) in [5, 5.41) is 8.41. The minimum Gasteiger partial charge on any atom is -0.494 e. The van der Waals surface area contributed by atoms with Crippen molar-refractivity contribution in [3.05, 3.63) is 54.0 Å². The first kappa shape index (κ1) is 16.3. The minimum absolute atomic E-state index is 0.130. The van der Waals surface area contributed by atoms with Crippen LogP contribution in [0.1, 0.15) is 10.4 Å². The number of pyridine rings is 1. The summed E-state index contributed by atoms with van der Waals surface area (Å²) >= 11 is 0. The van der Waals surface area contributed by atoms with Crippen molar-refractivity contribution in [1.82, 2.24) is 19.5 Å². The molecule has 0 unspecified atom stereocenters. The Labute approximate surface area is 149 Å². The third-order valence-corrected chi connectivity index (χ3v) is 4.54. The lowest BCUT2D eigenvalue weighted by molar-refractivity contribution is 0.0745. The van der Waals surface area contributed by atoms with E-state index in [9.17, 15) is 9.18 Å². The maximum atomic E-state index is 13.9. The predicted molar refractivity (Wildman–Crippen MR) is 94.1 cm³/mol. The number of hydrogen-bond acceptors (Lipinski definition) is 5. The Morgan fingerprint density at radius 1 is 1.12 bits per heavy atom. The van der Waals surface area contributed by atoms with E-state index in [-0.39, 0.29) is 11.7 Å². The molecule has 0 bridgehead atoms. The van der Waals surface area contributed by atoms with Crippen LogP contribution in [0.2, 0.25) is 0 Å². The second-order valence-corrected chi connectivity index (χ2v) is 6.06. The summed E-state index contributed by atoms with van der Waals surface area (Å²) in [4.78, 5) is 16.4. The Morgan fingerprint density at radius 3 is 2.65 bits per heavy atom. The highest BCUT2D eigenvalue weighted by molar-refractivity contribution is 5.94. The van der Waals surface area contributed by atoms with Gasteiger partial charge in [0.05, 0.1) is 7.11 Å². The summed E-state index contributed by atoms with van der Waals surface area (Å²) in [6, 6.07) is 10.0. The second-order valence-electron chi connectivity index (χ2n) is 6.06. The molecule has 4 rings (SSSR count). The van der Waals surface area contributed by atoms with Gasteiger partial charge in [0.1, 0.15) is 0 Å². The van der Waals surface area contributed by atoms with Gasteiger partial charge in [-0.15, -0.1) is 10.2 Å². The highest BCUT2D eigenvalue weighted by Crippen LogP contribution is 2.20. The quantitative estimate of drug-likeness (QED) is 0.717. The van der Waals surface area contributed by atoms with Crippen LogP contribution < -0.4 is 9.64 Å². The van der Waals surface area contributed by atoms with E-state index in [2.05, 4.69) is 15.1 Å². The van der Waals surface area contributed by atoms with Crippen LogP contribution >= 0.6 is 0 Å². The van der Waals surface area contributed by atoms with Crippen molar-refractivity contribution < 1.29 is 13.9 Å². The van der Waals surface area contributed by atoms with Crippen LogP contribution in [0.4, 0.5) is 10.3 Å². The van der Waals surface area contributed by atoms with Crippen molar-refractivity contribution in [2.75, 3.05) is 38.2 Å². The zero-order chi connectivity index (χ0) is 18.1. The number of carbonyl (C=O) groups excluding carboxylic acids is 1. The first-order chi connectivity index (χ1) is 12.7. The summed E-state index contributed by atoms with van der Waals surface area (Å²) in [5.74, 6) is 0.178. The van der Waals surface area contributed by atoms with Gasteiger partial charge in [0.15, 0.2) is 17.2 Å². The summed E-state index contributed by atoms with van der Waals surface area (Å²) in [6.45, 7) is 2.35. The van der Waals surface area contributed by atoms with Crippen molar-refractivity contribution in [3.8, 4) is 5.75 Å². The molecule has 1 aliphatic heterocycles. The molecule has 0 saturated carbocycles. The number of amides is 1. The average molecular weight is 355 g/mol. The van der Waals surface area contributed by atoms with Gasteiger partial charge in [0, 0.05) is 37.9 Å². The maximum Gasteiger partial charge on any atom is 0.254 e. The lowest BCUT2D eigenvalue weighted by Crippen LogP contribution is -2.49. The van der Waals surface area contributed by atoms with Crippen LogP contribution in [-0.2, 0) is 0 Å². The van der Waals surface area contributed by atoms with E-state index in [4.69, 9.17) is 4.74 Å². The number of rotatable bonds is 3. The molecule has 1 aromatic carbocycles. The van der Waals surface area contributed by atoms with Crippen molar-refractivity contribution in [3.63, 3.8) is 0 Å². The molecule has 3 heterocycles. The standard InChI is InChI=1S/C18H18FN5O2/c1-26-15-6-5-13(12-14(15)19)17(25)22-8-10-23(11-9-22)18-21-20-16-4-2-3-7-24(16)18/h2-7,12H,8-11H2,1H3. The van der Waals surface area contributed by atoms with E-state index in [1.807, 2.05) is 28.8 Å². The van der Waals surface area contributed by atoms with E-state index in [1.54, 1.807) is 11.0 Å². The molecule has 7 nitrogen and oxygen atoms in total. The number of anilines is 1. The van der Waals surface area contributed by atoms with E-state index < -0.39 is 5.82 Å². The van der Waals surface area contributed by atoms with Crippen LogP contribution in [0.3, 0.4) is 0 Å². The summed E-state index contributed by atoms with van der Waals surface area (Å²) in [7, 11) is 1.40. The van der Waals surface area contributed by atoms with Gasteiger partial charge < -0.3 is 14.5 Å². The highest BCUT2D eigenvalue weighted by atomic mass is 19.1. The lowest BCUT2D eigenvalue weighted by Gasteiger charge is -2.34. The molecular formula is C18H18FN5O2. The number of halogens is 1. The number of nitrogens with zero attached hydrogens (tertiary/aromatic N) is 5. The van der Waals surface area contributed by atoms with Crippen molar-refractivity contribution in [1.29, 1.82) is 0 Å². The van der Waals surface area contributed by atoms with Crippen molar-refractivity contribution in [2.45, 2.75) is 0 Å². The van der Waals surface area contributed by atoms with E-state index in [1.165, 1.54) is 19.2 Å². The molecule has 8 heteroatoms. The van der Waals surface area contributed by atoms with Gasteiger partial charge in [-0.2, -0.15) is 0 Å². The maximum absolute atomic E-state index is 13.9. The fourth-order valence-electron chi connectivity index (χ4n) is 3.14. The molecule has 0 spiro atoms. The van der Waals surface area contributed by atoms with Crippen LogP contribution in [0.15, 0.2) is 42.6 Å². The molecule has 1 fully saturated rings. The number of methoxy groups -OCH3 is 1.